The Morgan fingerprint density at radius 3 is 2.55 bits per heavy atom. The molecule has 0 saturated heterocycles. The average Bonchev–Trinajstić information content (AvgIpc) is 2.80. The van der Waals surface area contributed by atoms with E-state index < -0.39 is 10.0 Å². The maximum absolute atomic E-state index is 11.3. The molecule has 0 atom stereocenters. The van der Waals surface area contributed by atoms with Crippen LogP contribution in [-0.2, 0) is 17.1 Å². The van der Waals surface area contributed by atoms with Crippen LogP contribution >= 0.6 is 0 Å². The number of primary sulfonamides is 1. The van der Waals surface area contributed by atoms with E-state index in [9.17, 15) is 8.42 Å². The second-order valence-electron chi connectivity index (χ2n) is 4.27. The number of benzene rings is 1. The van der Waals surface area contributed by atoms with Crippen LogP contribution in [0.15, 0.2) is 23.4 Å². The van der Waals surface area contributed by atoms with E-state index in [-0.39, 0.29) is 5.16 Å². The molecule has 2 aromatic rings. The molecule has 0 saturated carbocycles. The molecule has 3 rings (SSSR count). The van der Waals surface area contributed by atoms with Gasteiger partial charge in [0.15, 0.2) is 17.3 Å². The first-order valence-corrected chi connectivity index (χ1v) is 7.33. The van der Waals surface area contributed by atoms with E-state index in [1.807, 2.05) is 0 Å². The van der Waals surface area contributed by atoms with Gasteiger partial charge in [0.1, 0.15) is 13.2 Å². The van der Waals surface area contributed by atoms with Crippen LogP contribution in [0.25, 0.3) is 11.4 Å². The van der Waals surface area contributed by atoms with Gasteiger partial charge in [-0.15, -0.1) is 10.2 Å². The summed E-state index contributed by atoms with van der Waals surface area (Å²) in [7, 11) is -2.37. The number of hydrogen-bond donors (Lipinski definition) is 1. The van der Waals surface area contributed by atoms with Crippen LogP contribution < -0.4 is 14.6 Å². The van der Waals surface area contributed by atoms with Crippen molar-refractivity contribution in [2.24, 2.45) is 12.2 Å². The van der Waals surface area contributed by atoms with Crippen LogP contribution in [0.3, 0.4) is 0 Å². The molecule has 106 valence electrons. The van der Waals surface area contributed by atoms with Gasteiger partial charge in [-0.1, -0.05) is 0 Å². The van der Waals surface area contributed by atoms with Gasteiger partial charge in [0.2, 0.25) is 0 Å². The molecule has 1 aromatic carbocycles. The molecule has 1 aliphatic heterocycles. The summed E-state index contributed by atoms with van der Waals surface area (Å²) in [5, 5.41) is 12.2. The van der Waals surface area contributed by atoms with Crippen LogP contribution in [0, 0.1) is 0 Å². The molecule has 0 radical (unpaired) electrons. The van der Waals surface area contributed by atoms with Gasteiger partial charge < -0.3 is 9.47 Å². The molecular formula is C11H12N4O4S. The predicted molar refractivity (Wildman–Crippen MR) is 68.8 cm³/mol. The van der Waals surface area contributed by atoms with E-state index in [1.54, 1.807) is 18.2 Å². The number of sulfonamides is 1. The molecule has 0 unspecified atom stereocenters. The largest absolute Gasteiger partial charge is 0.486 e. The van der Waals surface area contributed by atoms with Gasteiger partial charge in [-0.2, -0.15) is 0 Å². The zero-order valence-electron chi connectivity index (χ0n) is 10.6. The minimum Gasteiger partial charge on any atom is -0.486 e. The second kappa shape index (κ2) is 4.46. The molecule has 0 spiro atoms. The molecular weight excluding hydrogens is 284 g/mol. The lowest BCUT2D eigenvalue weighted by Gasteiger charge is -2.18. The lowest BCUT2D eigenvalue weighted by atomic mass is 10.2. The van der Waals surface area contributed by atoms with E-state index >= 15 is 0 Å². The highest BCUT2D eigenvalue weighted by Crippen LogP contribution is 2.34. The molecule has 9 heteroatoms. The van der Waals surface area contributed by atoms with Crippen molar-refractivity contribution in [1.29, 1.82) is 0 Å². The summed E-state index contributed by atoms with van der Waals surface area (Å²) in [6.45, 7) is 0.976. The lowest BCUT2D eigenvalue weighted by Crippen LogP contribution is -2.17. The maximum atomic E-state index is 11.3. The quantitative estimate of drug-likeness (QED) is 0.828. The third-order valence-corrected chi connectivity index (χ3v) is 3.75. The Morgan fingerprint density at radius 2 is 1.90 bits per heavy atom. The van der Waals surface area contributed by atoms with Crippen molar-refractivity contribution in [2.45, 2.75) is 5.16 Å². The average molecular weight is 296 g/mol. The van der Waals surface area contributed by atoms with Gasteiger partial charge in [0.25, 0.3) is 15.2 Å². The summed E-state index contributed by atoms with van der Waals surface area (Å²) >= 11 is 0. The normalized spacial score (nSPS) is 14.3. The molecule has 20 heavy (non-hydrogen) atoms. The van der Waals surface area contributed by atoms with E-state index in [1.165, 1.54) is 11.6 Å². The SMILES string of the molecule is Cn1c(-c2ccc3c(c2)OCCO3)nnc1S(N)(=O)=O. The summed E-state index contributed by atoms with van der Waals surface area (Å²) in [5.74, 6) is 1.62. The molecule has 1 aromatic heterocycles. The Hall–Kier alpha value is -2.13. The number of nitrogens with zero attached hydrogens (tertiary/aromatic N) is 3. The van der Waals surface area contributed by atoms with E-state index in [4.69, 9.17) is 14.6 Å². The smallest absolute Gasteiger partial charge is 0.273 e. The molecule has 0 fully saturated rings. The van der Waals surface area contributed by atoms with Crippen molar-refractivity contribution in [3.05, 3.63) is 18.2 Å². The van der Waals surface area contributed by atoms with E-state index in [0.717, 1.165) is 0 Å². The van der Waals surface area contributed by atoms with E-state index in [0.29, 0.717) is 36.1 Å². The molecule has 2 N–H and O–H groups in total. The van der Waals surface area contributed by atoms with Crippen LogP contribution in [0.2, 0.25) is 0 Å². The number of ether oxygens (including phenoxy) is 2. The number of aromatic nitrogens is 3. The highest BCUT2D eigenvalue weighted by molar-refractivity contribution is 7.89. The second-order valence-corrected chi connectivity index (χ2v) is 5.72. The minimum atomic E-state index is -3.90. The first kappa shape index (κ1) is 12.9. The first-order chi connectivity index (χ1) is 9.47. The number of nitrogens with two attached hydrogens (primary N) is 1. The van der Waals surface area contributed by atoms with Crippen molar-refractivity contribution in [3.63, 3.8) is 0 Å². The lowest BCUT2D eigenvalue weighted by molar-refractivity contribution is 0.171. The predicted octanol–water partition coefficient (Wildman–Crippen LogP) is -0.0993. The Balaban J connectivity index is 2.08. The molecule has 2 heterocycles. The maximum Gasteiger partial charge on any atom is 0.273 e. The highest BCUT2D eigenvalue weighted by Gasteiger charge is 2.21. The molecule has 8 nitrogen and oxygen atoms in total. The van der Waals surface area contributed by atoms with Gasteiger partial charge in [-0.3, -0.25) is 4.57 Å². The fourth-order valence-corrected chi connectivity index (χ4v) is 2.62. The summed E-state index contributed by atoms with van der Waals surface area (Å²) in [6.07, 6.45) is 0. The number of fused-ring (bicyclic) bond motifs is 1. The van der Waals surface area contributed by atoms with Crippen LogP contribution in [0.1, 0.15) is 0 Å². The summed E-state index contributed by atoms with van der Waals surface area (Å²) in [4.78, 5) is 0. The zero-order chi connectivity index (χ0) is 14.3. The Labute approximate surface area is 115 Å². The van der Waals surface area contributed by atoms with Gasteiger partial charge in [-0.05, 0) is 18.2 Å². The monoisotopic (exact) mass is 296 g/mol. The van der Waals surface area contributed by atoms with Crippen LogP contribution in [0.4, 0.5) is 0 Å². The minimum absolute atomic E-state index is 0.289. The molecule has 1 aliphatic rings. The Kier molecular flexibility index (Phi) is 2.87. The topological polar surface area (TPSA) is 109 Å². The van der Waals surface area contributed by atoms with Gasteiger partial charge in [0, 0.05) is 12.6 Å². The van der Waals surface area contributed by atoms with Gasteiger partial charge >= 0.3 is 0 Å². The molecule has 0 aliphatic carbocycles. The summed E-state index contributed by atoms with van der Waals surface area (Å²) in [5.41, 5.74) is 0.666. The third-order valence-electron chi connectivity index (χ3n) is 2.89. The van der Waals surface area contributed by atoms with Crippen molar-refractivity contribution in [2.75, 3.05) is 13.2 Å². The van der Waals surface area contributed by atoms with Crippen LogP contribution in [0.5, 0.6) is 11.5 Å². The third kappa shape index (κ3) is 2.10. The fourth-order valence-electron chi connectivity index (χ4n) is 2.00. The van der Waals surface area contributed by atoms with Gasteiger partial charge in [-0.25, -0.2) is 13.6 Å². The Bertz CT molecular complexity index is 769. The fraction of sp³-hybridized carbons (Fsp3) is 0.273. The zero-order valence-corrected chi connectivity index (χ0v) is 11.4. The van der Waals surface area contributed by atoms with Crippen molar-refractivity contribution in [3.8, 4) is 22.9 Å². The standard InChI is InChI=1S/C11H12N4O4S/c1-15-10(13-14-11(15)20(12,16)17)7-2-3-8-9(6-7)19-5-4-18-8/h2-3,6H,4-5H2,1H3,(H2,12,16,17). The molecule has 0 amide bonds. The van der Waals surface area contributed by atoms with E-state index in [2.05, 4.69) is 10.2 Å². The van der Waals surface area contributed by atoms with Crippen molar-refractivity contribution in [1.82, 2.24) is 14.8 Å². The number of hydrogen-bond acceptors (Lipinski definition) is 6. The number of rotatable bonds is 2. The first-order valence-electron chi connectivity index (χ1n) is 5.79. The van der Waals surface area contributed by atoms with Crippen LogP contribution in [-0.4, -0.2) is 36.4 Å². The van der Waals surface area contributed by atoms with Gasteiger partial charge in [0.05, 0.1) is 0 Å². The van der Waals surface area contributed by atoms with Crippen molar-refractivity contribution < 1.29 is 17.9 Å². The Morgan fingerprint density at radius 1 is 1.20 bits per heavy atom. The molecule has 0 bridgehead atoms. The summed E-state index contributed by atoms with van der Waals surface area (Å²) < 4.78 is 34.9. The summed E-state index contributed by atoms with van der Waals surface area (Å²) in [6, 6.07) is 5.23. The highest BCUT2D eigenvalue weighted by atomic mass is 32.2. The van der Waals surface area contributed by atoms with Crippen molar-refractivity contribution >= 4 is 10.0 Å².